The lowest BCUT2D eigenvalue weighted by atomic mass is 10.5. The molecule has 0 saturated carbocycles. The molecule has 0 bridgehead atoms. The average molecular weight is 226 g/mol. The molecule has 0 aliphatic heterocycles. The summed E-state index contributed by atoms with van der Waals surface area (Å²) in [4.78, 5) is 3.59. The summed E-state index contributed by atoms with van der Waals surface area (Å²) < 4.78 is 22.0. The van der Waals surface area contributed by atoms with Gasteiger partial charge in [0.25, 0.3) is 0 Å². The third-order valence-corrected chi connectivity index (χ3v) is 2.92. The summed E-state index contributed by atoms with van der Waals surface area (Å²) in [7, 11) is -3.30. The van der Waals surface area contributed by atoms with Gasteiger partial charge in [-0.3, -0.25) is 0 Å². The Morgan fingerprint density at radius 2 is 1.92 bits per heavy atom. The van der Waals surface area contributed by atoms with E-state index in [9.17, 15) is 8.42 Å². The van der Waals surface area contributed by atoms with Gasteiger partial charge in [-0.05, 0) is 12.1 Å². The fourth-order valence-corrected chi connectivity index (χ4v) is 2.11. The molecule has 0 radical (unpaired) electrons. The Labute approximate surface area is 80.2 Å². The van der Waals surface area contributed by atoms with Gasteiger partial charge in [0, 0.05) is 6.26 Å². The van der Waals surface area contributed by atoms with Crippen LogP contribution in [0.2, 0.25) is 10.3 Å². The molecule has 0 amide bonds. The lowest BCUT2D eigenvalue weighted by Gasteiger charge is -1.99. The van der Waals surface area contributed by atoms with Crippen molar-refractivity contribution < 1.29 is 8.42 Å². The quantitative estimate of drug-likeness (QED) is 0.686. The molecule has 0 N–H and O–H groups in total. The zero-order valence-corrected chi connectivity index (χ0v) is 8.41. The molecule has 0 unspecified atom stereocenters. The third-order valence-electron chi connectivity index (χ3n) is 1.18. The Morgan fingerprint density at radius 1 is 1.33 bits per heavy atom. The van der Waals surface area contributed by atoms with E-state index in [-0.39, 0.29) is 15.2 Å². The standard InChI is InChI=1S/C6H5Cl2NO2S/c1-12(10,11)4-2-3-5(7)9-6(4)8/h2-3H,1H3. The van der Waals surface area contributed by atoms with Crippen LogP contribution in [0.1, 0.15) is 0 Å². The second kappa shape index (κ2) is 3.20. The van der Waals surface area contributed by atoms with E-state index >= 15 is 0 Å². The molecule has 66 valence electrons. The van der Waals surface area contributed by atoms with Crippen LogP contribution in [0.5, 0.6) is 0 Å². The van der Waals surface area contributed by atoms with E-state index < -0.39 is 9.84 Å². The first kappa shape index (κ1) is 9.77. The van der Waals surface area contributed by atoms with Gasteiger partial charge in [-0.15, -0.1) is 0 Å². The summed E-state index contributed by atoms with van der Waals surface area (Å²) in [5.74, 6) is 0. The van der Waals surface area contributed by atoms with Crippen molar-refractivity contribution in [3.63, 3.8) is 0 Å². The van der Waals surface area contributed by atoms with E-state index in [1.165, 1.54) is 12.1 Å². The normalized spacial score (nSPS) is 11.6. The van der Waals surface area contributed by atoms with Crippen molar-refractivity contribution in [2.24, 2.45) is 0 Å². The molecule has 0 atom stereocenters. The molecule has 1 aromatic rings. The van der Waals surface area contributed by atoms with Crippen LogP contribution in [0.3, 0.4) is 0 Å². The third kappa shape index (κ3) is 2.09. The predicted molar refractivity (Wildman–Crippen MR) is 47.4 cm³/mol. The number of pyridine rings is 1. The molecule has 6 heteroatoms. The van der Waals surface area contributed by atoms with Gasteiger partial charge < -0.3 is 0 Å². The second-order valence-electron chi connectivity index (χ2n) is 2.20. The number of nitrogens with zero attached hydrogens (tertiary/aromatic N) is 1. The summed E-state index contributed by atoms with van der Waals surface area (Å²) in [6.07, 6.45) is 1.06. The summed E-state index contributed by atoms with van der Waals surface area (Å²) in [6.45, 7) is 0. The number of hydrogen-bond donors (Lipinski definition) is 0. The predicted octanol–water partition coefficient (Wildman–Crippen LogP) is 1.79. The van der Waals surface area contributed by atoms with E-state index in [1.807, 2.05) is 0 Å². The van der Waals surface area contributed by atoms with E-state index in [0.29, 0.717) is 0 Å². The smallest absolute Gasteiger partial charge is 0.178 e. The Kier molecular flexibility index (Phi) is 2.61. The highest BCUT2D eigenvalue weighted by molar-refractivity contribution is 7.90. The summed E-state index contributed by atoms with van der Waals surface area (Å²) in [5.41, 5.74) is 0. The van der Waals surface area contributed by atoms with Gasteiger partial charge in [0.1, 0.15) is 15.2 Å². The molecule has 1 rings (SSSR count). The van der Waals surface area contributed by atoms with Gasteiger partial charge in [-0.25, -0.2) is 13.4 Å². The number of hydrogen-bond acceptors (Lipinski definition) is 3. The molecule has 0 fully saturated rings. The Hall–Kier alpha value is -0.320. The first-order valence-electron chi connectivity index (χ1n) is 2.93. The summed E-state index contributed by atoms with van der Waals surface area (Å²) >= 11 is 11.0. The van der Waals surface area contributed by atoms with Crippen LogP contribution in [-0.4, -0.2) is 19.7 Å². The van der Waals surface area contributed by atoms with E-state index in [4.69, 9.17) is 23.2 Å². The topological polar surface area (TPSA) is 47.0 Å². The lowest BCUT2D eigenvalue weighted by Crippen LogP contribution is -1.99. The monoisotopic (exact) mass is 225 g/mol. The number of rotatable bonds is 1. The molecule has 1 aromatic heterocycles. The maximum atomic E-state index is 11.0. The molecule has 3 nitrogen and oxygen atoms in total. The Morgan fingerprint density at radius 3 is 2.33 bits per heavy atom. The van der Waals surface area contributed by atoms with E-state index in [1.54, 1.807) is 0 Å². The molecule has 0 spiro atoms. The minimum atomic E-state index is -3.30. The van der Waals surface area contributed by atoms with E-state index in [0.717, 1.165) is 6.26 Å². The average Bonchev–Trinajstić information content (AvgIpc) is 1.83. The van der Waals surface area contributed by atoms with Gasteiger partial charge in [-0.1, -0.05) is 23.2 Å². The van der Waals surface area contributed by atoms with Crippen molar-refractivity contribution in [3.05, 3.63) is 22.4 Å². The van der Waals surface area contributed by atoms with Gasteiger partial charge in [0.15, 0.2) is 9.84 Å². The zero-order chi connectivity index (χ0) is 9.35. The van der Waals surface area contributed by atoms with Crippen molar-refractivity contribution in [2.45, 2.75) is 4.90 Å². The molecule has 0 aliphatic carbocycles. The van der Waals surface area contributed by atoms with Gasteiger partial charge >= 0.3 is 0 Å². The Balaban J connectivity index is 3.39. The molecular weight excluding hydrogens is 221 g/mol. The van der Waals surface area contributed by atoms with Crippen LogP contribution >= 0.6 is 23.2 Å². The highest BCUT2D eigenvalue weighted by Crippen LogP contribution is 2.20. The maximum Gasteiger partial charge on any atom is 0.178 e. The van der Waals surface area contributed by atoms with Crippen LogP contribution in [0, 0.1) is 0 Å². The number of aromatic nitrogens is 1. The van der Waals surface area contributed by atoms with Gasteiger partial charge in [0.2, 0.25) is 0 Å². The maximum absolute atomic E-state index is 11.0. The number of sulfone groups is 1. The van der Waals surface area contributed by atoms with Crippen molar-refractivity contribution in [3.8, 4) is 0 Å². The van der Waals surface area contributed by atoms with Crippen molar-refractivity contribution in [1.29, 1.82) is 0 Å². The zero-order valence-electron chi connectivity index (χ0n) is 6.08. The SMILES string of the molecule is CS(=O)(=O)c1ccc(Cl)nc1Cl. The largest absolute Gasteiger partial charge is 0.224 e. The van der Waals surface area contributed by atoms with Crippen LogP contribution in [0.4, 0.5) is 0 Å². The molecule has 1 heterocycles. The minimum absolute atomic E-state index is 0.00596. The molecule has 0 aromatic carbocycles. The van der Waals surface area contributed by atoms with Gasteiger partial charge in [-0.2, -0.15) is 0 Å². The van der Waals surface area contributed by atoms with Crippen LogP contribution in [-0.2, 0) is 9.84 Å². The van der Waals surface area contributed by atoms with Crippen LogP contribution < -0.4 is 0 Å². The summed E-state index contributed by atoms with van der Waals surface area (Å²) in [5, 5.41) is 0.0809. The first-order chi connectivity index (χ1) is 5.41. The Bertz CT molecular complexity index is 402. The fourth-order valence-electron chi connectivity index (χ4n) is 0.676. The van der Waals surface area contributed by atoms with Crippen LogP contribution in [0.25, 0.3) is 0 Å². The lowest BCUT2D eigenvalue weighted by molar-refractivity contribution is 0.601. The van der Waals surface area contributed by atoms with Crippen molar-refractivity contribution >= 4 is 33.0 Å². The highest BCUT2D eigenvalue weighted by atomic mass is 35.5. The summed E-state index contributed by atoms with van der Waals surface area (Å²) in [6, 6.07) is 2.71. The van der Waals surface area contributed by atoms with Crippen LogP contribution in [0.15, 0.2) is 17.0 Å². The highest BCUT2D eigenvalue weighted by Gasteiger charge is 2.12. The molecular formula is C6H5Cl2NO2S. The molecule has 0 aliphatic rings. The molecule has 0 saturated heterocycles. The van der Waals surface area contributed by atoms with Crippen molar-refractivity contribution in [2.75, 3.05) is 6.26 Å². The van der Waals surface area contributed by atoms with Crippen molar-refractivity contribution in [1.82, 2.24) is 4.98 Å². The molecule has 12 heavy (non-hydrogen) atoms. The first-order valence-corrected chi connectivity index (χ1v) is 5.58. The number of halogens is 2. The second-order valence-corrected chi connectivity index (χ2v) is 4.92. The minimum Gasteiger partial charge on any atom is -0.224 e. The van der Waals surface area contributed by atoms with E-state index in [2.05, 4.69) is 4.98 Å². The fraction of sp³-hybridized carbons (Fsp3) is 0.167. The van der Waals surface area contributed by atoms with Gasteiger partial charge in [0.05, 0.1) is 0 Å².